The lowest BCUT2D eigenvalue weighted by molar-refractivity contribution is -0.128. The third kappa shape index (κ3) is 5.83. The number of hydrogen-bond acceptors (Lipinski definition) is 3. The second-order valence-corrected chi connectivity index (χ2v) is 6.87. The van der Waals surface area contributed by atoms with Gasteiger partial charge in [0.1, 0.15) is 5.75 Å². The minimum atomic E-state index is -0.527. The van der Waals surface area contributed by atoms with Gasteiger partial charge in [0.05, 0.1) is 11.6 Å². The van der Waals surface area contributed by atoms with Crippen LogP contribution in [0.2, 0.25) is 10.0 Å². The van der Waals surface area contributed by atoms with Gasteiger partial charge in [0, 0.05) is 16.1 Å². The van der Waals surface area contributed by atoms with Crippen molar-refractivity contribution in [1.82, 2.24) is 0 Å². The monoisotopic (exact) mass is 419 g/mol. The summed E-state index contributed by atoms with van der Waals surface area (Å²) < 4.78 is 5.29. The van der Waals surface area contributed by atoms with Gasteiger partial charge >= 0.3 is 5.97 Å². The summed E-state index contributed by atoms with van der Waals surface area (Å²) in [6, 6.07) is 23.5. The average molecular weight is 420 g/mol. The number of esters is 1. The second-order valence-electron chi connectivity index (χ2n) is 6.03. The number of rotatable bonds is 5. The van der Waals surface area contributed by atoms with Crippen LogP contribution < -0.4 is 4.74 Å². The van der Waals surface area contributed by atoms with Gasteiger partial charge in [-0.2, -0.15) is 5.26 Å². The summed E-state index contributed by atoms with van der Waals surface area (Å²) in [5, 5.41) is 10.4. The maximum absolute atomic E-state index is 12.0. The van der Waals surface area contributed by atoms with Gasteiger partial charge in [0.2, 0.25) is 0 Å². The van der Waals surface area contributed by atoms with Gasteiger partial charge in [0.15, 0.2) is 0 Å². The third-order valence-electron chi connectivity index (χ3n) is 3.98. The van der Waals surface area contributed by atoms with E-state index in [4.69, 9.17) is 27.9 Å². The third-order valence-corrected chi connectivity index (χ3v) is 4.54. The lowest BCUT2D eigenvalue weighted by atomic mass is 10.0. The van der Waals surface area contributed by atoms with E-state index < -0.39 is 5.97 Å². The minimum Gasteiger partial charge on any atom is -0.423 e. The molecular weight excluding hydrogens is 405 g/mol. The van der Waals surface area contributed by atoms with Crippen molar-refractivity contribution in [2.45, 2.75) is 0 Å². The van der Waals surface area contributed by atoms with E-state index in [2.05, 4.69) is 6.07 Å². The van der Waals surface area contributed by atoms with E-state index >= 15 is 0 Å². The van der Waals surface area contributed by atoms with Crippen LogP contribution in [-0.4, -0.2) is 5.97 Å². The molecule has 5 heteroatoms. The summed E-state index contributed by atoms with van der Waals surface area (Å²) in [5.74, 6) is -0.126. The molecule has 0 aromatic heterocycles. The maximum Gasteiger partial charge on any atom is 0.336 e. The average Bonchev–Trinajstić information content (AvgIpc) is 2.73. The first-order chi connectivity index (χ1) is 14.0. The van der Waals surface area contributed by atoms with Gasteiger partial charge in [-0.15, -0.1) is 0 Å². The number of ether oxygens (including phenoxy) is 1. The maximum atomic E-state index is 12.0. The molecule has 0 amide bonds. The fourth-order valence-electron chi connectivity index (χ4n) is 2.54. The molecule has 0 unspecified atom stereocenters. The van der Waals surface area contributed by atoms with Crippen molar-refractivity contribution in [2.75, 3.05) is 0 Å². The molecule has 0 fully saturated rings. The molecule has 29 heavy (non-hydrogen) atoms. The molecule has 3 rings (SSSR count). The molecule has 3 nitrogen and oxygen atoms in total. The van der Waals surface area contributed by atoms with Gasteiger partial charge in [0.25, 0.3) is 0 Å². The fourth-order valence-corrected chi connectivity index (χ4v) is 3.01. The van der Waals surface area contributed by atoms with Crippen LogP contribution in [0.4, 0.5) is 0 Å². The summed E-state index contributed by atoms with van der Waals surface area (Å²) in [5.41, 5.74) is 2.89. The van der Waals surface area contributed by atoms with Crippen molar-refractivity contribution in [3.05, 3.63) is 106 Å². The van der Waals surface area contributed by atoms with Gasteiger partial charge in [-0.3, -0.25) is 0 Å². The van der Waals surface area contributed by atoms with Crippen molar-refractivity contribution < 1.29 is 9.53 Å². The van der Waals surface area contributed by atoms with E-state index in [9.17, 15) is 10.1 Å². The molecule has 3 aromatic rings. The Hall–Kier alpha value is -3.32. The first kappa shape index (κ1) is 20.4. The quantitative estimate of drug-likeness (QED) is 0.152. The van der Waals surface area contributed by atoms with Crippen molar-refractivity contribution in [2.24, 2.45) is 0 Å². The van der Waals surface area contributed by atoms with E-state index in [1.165, 1.54) is 6.08 Å². The first-order valence-electron chi connectivity index (χ1n) is 8.67. The Morgan fingerprint density at radius 1 is 0.966 bits per heavy atom. The van der Waals surface area contributed by atoms with E-state index in [1.807, 2.05) is 30.3 Å². The van der Waals surface area contributed by atoms with Crippen LogP contribution in [0.1, 0.15) is 16.7 Å². The molecule has 0 saturated carbocycles. The lowest BCUT2D eigenvalue weighted by Gasteiger charge is -2.03. The van der Waals surface area contributed by atoms with E-state index in [0.29, 0.717) is 26.9 Å². The molecule has 0 radical (unpaired) electrons. The van der Waals surface area contributed by atoms with Gasteiger partial charge < -0.3 is 4.74 Å². The van der Waals surface area contributed by atoms with Crippen LogP contribution in [0.15, 0.2) is 78.9 Å². The van der Waals surface area contributed by atoms with E-state index in [-0.39, 0.29) is 0 Å². The number of benzene rings is 3. The molecule has 0 bridgehead atoms. The number of allylic oxidation sites excluding steroid dienone is 1. The zero-order valence-electron chi connectivity index (χ0n) is 15.2. The molecule has 0 heterocycles. The minimum absolute atomic E-state index is 0.400. The van der Waals surface area contributed by atoms with Gasteiger partial charge in [-0.05, 0) is 53.1 Å². The first-order valence-corrected chi connectivity index (χ1v) is 9.43. The highest BCUT2D eigenvalue weighted by Gasteiger charge is 2.04. The molecule has 3 aromatic carbocycles. The molecule has 0 aliphatic carbocycles. The van der Waals surface area contributed by atoms with E-state index in [1.54, 1.807) is 54.6 Å². The fraction of sp³-hybridized carbons (Fsp3) is 0. The summed E-state index contributed by atoms with van der Waals surface area (Å²) in [6.45, 7) is 0. The Morgan fingerprint density at radius 2 is 1.69 bits per heavy atom. The zero-order valence-corrected chi connectivity index (χ0v) is 16.7. The Kier molecular flexibility index (Phi) is 6.86. The Bertz CT molecular complexity index is 1110. The van der Waals surface area contributed by atoms with Gasteiger partial charge in [-0.1, -0.05) is 71.7 Å². The SMILES string of the molecule is N#C/C(=C/c1ccc(OC(=O)/C=C/c2ccc(Cl)cc2Cl)cc1)c1ccccc1. The molecule has 0 aliphatic rings. The molecule has 0 atom stereocenters. The largest absolute Gasteiger partial charge is 0.423 e. The van der Waals surface area contributed by atoms with Crippen LogP contribution in [0.5, 0.6) is 5.75 Å². The van der Waals surface area contributed by atoms with Crippen molar-refractivity contribution in [3.63, 3.8) is 0 Å². The number of hydrogen-bond donors (Lipinski definition) is 0. The standard InChI is InChI=1S/C24H15Cl2NO2/c25-21-10-8-19(23(26)15-21)9-13-24(28)29-22-11-6-17(7-12-22)14-20(16-27)18-4-2-1-3-5-18/h1-15H/b13-9+,20-14-. The van der Waals surface area contributed by atoms with Crippen molar-refractivity contribution in [1.29, 1.82) is 5.26 Å². The van der Waals surface area contributed by atoms with Crippen LogP contribution in [-0.2, 0) is 4.79 Å². The smallest absolute Gasteiger partial charge is 0.336 e. The molecule has 142 valence electrons. The molecule has 0 aliphatic heterocycles. The van der Waals surface area contributed by atoms with Gasteiger partial charge in [-0.25, -0.2) is 4.79 Å². The normalized spacial score (nSPS) is 11.3. The second kappa shape index (κ2) is 9.75. The lowest BCUT2D eigenvalue weighted by Crippen LogP contribution is -2.03. The van der Waals surface area contributed by atoms with Crippen molar-refractivity contribution in [3.8, 4) is 11.8 Å². The predicted molar refractivity (Wildman–Crippen MR) is 117 cm³/mol. The number of carbonyl (C=O) groups is 1. The molecule has 0 N–H and O–H groups in total. The number of nitrogens with zero attached hydrogens (tertiary/aromatic N) is 1. The summed E-state index contributed by atoms with van der Waals surface area (Å²) in [7, 11) is 0. The van der Waals surface area contributed by atoms with Crippen LogP contribution in [0.25, 0.3) is 17.7 Å². The zero-order chi connectivity index (χ0) is 20.6. The Morgan fingerprint density at radius 3 is 2.34 bits per heavy atom. The van der Waals surface area contributed by atoms with Crippen LogP contribution in [0, 0.1) is 11.3 Å². The van der Waals surface area contributed by atoms with Crippen LogP contribution >= 0.6 is 23.2 Å². The highest BCUT2D eigenvalue weighted by Crippen LogP contribution is 2.22. The highest BCUT2D eigenvalue weighted by atomic mass is 35.5. The molecular formula is C24H15Cl2NO2. The topological polar surface area (TPSA) is 50.1 Å². The number of halogens is 2. The molecule has 0 saturated heterocycles. The van der Waals surface area contributed by atoms with E-state index in [0.717, 1.165) is 11.1 Å². The Labute approximate surface area is 179 Å². The Balaban J connectivity index is 1.67. The van der Waals surface area contributed by atoms with Crippen LogP contribution in [0.3, 0.4) is 0 Å². The predicted octanol–water partition coefficient (Wildman–Crippen LogP) is 6.68. The summed E-state index contributed by atoms with van der Waals surface area (Å²) in [6.07, 6.45) is 4.65. The molecule has 0 spiro atoms. The summed E-state index contributed by atoms with van der Waals surface area (Å²) in [4.78, 5) is 12.0. The summed E-state index contributed by atoms with van der Waals surface area (Å²) >= 11 is 11.9. The van der Waals surface area contributed by atoms with Crippen molar-refractivity contribution >= 4 is 46.9 Å². The highest BCUT2D eigenvalue weighted by molar-refractivity contribution is 6.35. The number of nitriles is 1. The number of carbonyl (C=O) groups excluding carboxylic acids is 1.